The Hall–Kier alpha value is -0.910. The summed E-state index contributed by atoms with van der Waals surface area (Å²) in [7, 11) is 0. The van der Waals surface area contributed by atoms with E-state index in [1.54, 1.807) is 0 Å². The lowest BCUT2D eigenvalue weighted by Gasteiger charge is -2.34. The van der Waals surface area contributed by atoms with Crippen molar-refractivity contribution in [3.8, 4) is 0 Å². The monoisotopic (exact) mass is 292 g/mol. The second-order valence-electron chi connectivity index (χ2n) is 6.59. The van der Waals surface area contributed by atoms with Gasteiger partial charge in [-0.25, -0.2) is 4.98 Å². The third-order valence-electron chi connectivity index (χ3n) is 5.01. The molecule has 2 saturated heterocycles. The van der Waals surface area contributed by atoms with E-state index >= 15 is 0 Å². The van der Waals surface area contributed by atoms with Gasteiger partial charge in [0.2, 0.25) is 0 Å². The minimum Gasteiger partial charge on any atom is -0.379 e. The predicted molar refractivity (Wildman–Crippen MR) is 83.6 cm³/mol. The average Bonchev–Trinajstić information content (AvgIpc) is 2.98. The Morgan fingerprint density at radius 2 is 2.00 bits per heavy atom. The van der Waals surface area contributed by atoms with Crippen molar-refractivity contribution in [1.29, 1.82) is 0 Å². The highest BCUT2D eigenvalue weighted by Gasteiger charge is 2.31. The molecule has 0 atom stereocenters. The molecule has 5 nitrogen and oxygen atoms in total. The molecule has 0 bridgehead atoms. The van der Waals surface area contributed by atoms with Gasteiger partial charge in [-0.15, -0.1) is 0 Å². The average molecular weight is 292 g/mol. The third-order valence-corrected chi connectivity index (χ3v) is 5.01. The van der Waals surface area contributed by atoms with Crippen LogP contribution >= 0.6 is 0 Å². The SMILES string of the molecule is CC1(c2cncn2CCCN2CCOCC2)CCNCC1. The van der Waals surface area contributed by atoms with Crippen LogP contribution in [0.25, 0.3) is 0 Å². The zero-order chi connectivity index (χ0) is 14.5. The summed E-state index contributed by atoms with van der Waals surface area (Å²) in [5.41, 5.74) is 1.71. The Kier molecular flexibility index (Phi) is 4.93. The van der Waals surface area contributed by atoms with Crippen LogP contribution in [0.4, 0.5) is 0 Å². The summed E-state index contributed by atoms with van der Waals surface area (Å²) < 4.78 is 7.78. The third kappa shape index (κ3) is 3.65. The predicted octanol–water partition coefficient (Wildman–Crippen LogP) is 1.25. The number of hydrogen-bond acceptors (Lipinski definition) is 4. The van der Waals surface area contributed by atoms with Crippen LogP contribution in [-0.4, -0.2) is 60.4 Å². The molecule has 2 fully saturated rings. The van der Waals surface area contributed by atoms with Gasteiger partial charge in [0.05, 0.1) is 19.5 Å². The number of piperidine rings is 1. The van der Waals surface area contributed by atoms with Crippen molar-refractivity contribution in [2.75, 3.05) is 45.9 Å². The Morgan fingerprint density at radius 3 is 2.76 bits per heavy atom. The van der Waals surface area contributed by atoms with Gasteiger partial charge in [0.15, 0.2) is 0 Å². The number of morpholine rings is 1. The van der Waals surface area contributed by atoms with Gasteiger partial charge in [0, 0.05) is 43.5 Å². The summed E-state index contributed by atoms with van der Waals surface area (Å²) in [6, 6.07) is 0. The van der Waals surface area contributed by atoms with Crippen LogP contribution < -0.4 is 5.32 Å². The Balaban J connectivity index is 1.55. The first-order valence-corrected chi connectivity index (χ1v) is 8.29. The van der Waals surface area contributed by atoms with E-state index in [1.807, 2.05) is 6.33 Å². The van der Waals surface area contributed by atoms with Gasteiger partial charge in [0.1, 0.15) is 0 Å². The van der Waals surface area contributed by atoms with Crippen molar-refractivity contribution in [2.24, 2.45) is 0 Å². The van der Waals surface area contributed by atoms with Gasteiger partial charge in [-0.1, -0.05) is 6.92 Å². The summed E-state index contributed by atoms with van der Waals surface area (Å²) in [6.45, 7) is 10.8. The molecule has 118 valence electrons. The molecule has 0 saturated carbocycles. The van der Waals surface area contributed by atoms with Crippen LogP contribution in [0.5, 0.6) is 0 Å². The van der Waals surface area contributed by atoms with Crippen molar-refractivity contribution in [1.82, 2.24) is 19.8 Å². The second kappa shape index (κ2) is 6.90. The van der Waals surface area contributed by atoms with E-state index in [9.17, 15) is 0 Å². The van der Waals surface area contributed by atoms with Gasteiger partial charge >= 0.3 is 0 Å². The van der Waals surface area contributed by atoms with Crippen LogP contribution in [0, 0.1) is 0 Å². The fraction of sp³-hybridized carbons (Fsp3) is 0.812. The highest BCUT2D eigenvalue weighted by atomic mass is 16.5. The van der Waals surface area contributed by atoms with E-state index in [0.29, 0.717) is 5.41 Å². The number of rotatable bonds is 5. The number of nitrogens with zero attached hydrogens (tertiary/aromatic N) is 3. The molecule has 0 amide bonds. The topological polar surface area (TPSA) is 42.3 Å². The molecular weight excluding hydrogens is 264 g/mol. The maximum Gasteiger partial charge on any atom is 0.0948 e. The normalized spacial score (nSPS) is 23.3. The number of ether oxygens (including phenoxy) is 1. The van der Waals surface area contributed by atoms with Gasteiger partial charge in [-0.3, -0.25) is 4.90 Å². The smallest absolute Gasteiger partial charge is 0.0948 e. The maximum atomic E-state index is 5.40. The molecule has 2 aliphatic rings. The lowest BCUT2D eigenvalue weighted by Crippen LogP contribution is -2.39. The van der Waals surface area contributed by atoms with E-state index in [0.717, 1.165) is 45.9 Å². The molecule has 0 spiro atoms. The number of aryl methyl sites for hydroxylation is 1. The standard InChI is InChI=1S/C16H28N4O/c1-16(3-5-17-6-4-16)15-13-18-14-20(15)8-2-7-19-9-11-21-12-10-19/h13-14,17H,2-12H2,1H3. The summed E-state index contributed by atoms with van der Waals surface area (Å²) in [6.07, 6.45) is 7.71. The van der Waals surface area contributed by atoms with Gasteiger partial charge in [-0.2, -0.15) is 0 Å². The zero-order valence-corrected chi connectivity index (χ0v) is 13.2. The second-order valence-corrected chi connectivity index (χ2v) is 6.59. The van der Waals surface area contributed by atoms with E-state index in [2.05, 4.69) is 32.9 Å². The number of imidazole rings is 1. The Labute approximate surface area is 127 Å². The highest BCUT2D eigenvalue weighted by Crippen LogP contribution is 2.32. The zero-order valence-electron chi connectivity index (χ0n) is 13.2. The molecule has 1 N–H and O–H groups in total. The van der Waals surface area contributed by atoms with Gasteiger partial charge < -0.3 is 14.6 Å². The molecule has 3 heterocycles. The molecule has 0 radical (unpaired) electrons. The fourth-order valence-corrected chi connectivity index (χ4v) is 3.53. The molecule has 5 heteroatoms. The first kappa shape index (κ1) is 15.0. The van der Waals surface area contributed by atoms with Crippen molar-refractivity contribution in [2.45, 2.75) is 38.1 Å². The van der Waals surface area contributed by atoms with Gasteiger partial charge in [-0.05, 0) is 32.4 Å². The van der Waals surface area contributed by atoms with Crippen LogP contribution in [0.2, 0.25) is 0 Å². The van der Waals surface area contributed by atoms with Crippen molar-refractivity contribution < 1.29 is 4.74 Å². The van der Waals surface area contributed by atoms with E-state index in [4.69, 9.17) is 4.74 Å². The molecule has 1 aromatic rings. The quantitative estimate of drug-likeness (QED) is 0.887. The van der Waals surface area contributed by atoms with E-state index in [1.165, 1.54) is 31.5 Å². The van der Waals surface area contributed by atoms with Crippen LogP contribution in [-0.2, 0) is 16.7 Å². The Bertz CT molecular complexity index is 433. The molecular formula is C16H28N4O. The molecule has 0 unspecified atom stereocenters. The Morgan fingerprint density at radius 1 is 1.24 bits per heavy atom. The minimum atomic E-state index is 0.292. The molecule has 3 rings (SSSR count). The van der Waals surface area contributed by atoms with Gasteiger partial charge in [0.25, 0.3) is 0 Å². The first-order valence-electron chi connectivity index (χ1n) is 8.29. The summed E-state index contributed by atoms with van der Waals surface area (Å²) >= 11 is 0. The number of aromatic nitrogens is 2. The lowest BCUT2D eigenvalue weighted by atomic mass is 9.78. The molecule has 2 aliphatic heterocycles. The van der Waals surface area contributed by atoms with Crippen LogP contribution in [0.15, 0.2) is 12.5 Å². The number of nitrogens with one attached hydrogen (secondary N) is 1. The van der Waals surface area contributed by atoms with Crippen LogP contribution in [0.1, 0.15) is 31.9 Å². The summed E-state index contributed by atoms with van der Waals surface area (Å²) in [5, 5.41) is 3.46. The maximum absolute atomic E-state index is 5.40. The molecule has 21 heavy (non-hydrogen) atoms. The van der Waals surface area contributed by atoms with Crippen molar-refractivity contribution in [3.63, 3.8) is 0 Å². The van der Waals surface area contributed by atoms with Crippen molar-refractivity contribution in [3.05, 3.63) is 18.2 Å². The molecule has 1 aromatic heterocycles. The minimum absolute atomic E-state index is 0.292. The van der Waals surface area contributed by atoms with Crippen LogP contribution in [0.3, 0.4) is 0 Å². The summed E-state index contributed by atoms with van der Waals surface area (Å²) in [5.74, 6) is 0. The largest absolute Gasteiger partial charge is 0.379 e. The van der Waals surface area contributed by atoms with E-state index < -0.39 is 0 Å². The van der Waals surface area contributed by atoms with E-state index in [-0.39, 0.29) is 0 Å². The first-order chi connectivity index (χ1) is 10.3. The molecule has 0 aliphatic carbocycles. The fourth-order valence-electron chi connectivity index (χ4n) is 3.53. The highest BCUT2D eigenvalue weighted by molar-refractivity contribution is 5.15. The number of hydrogen-bond donors (Lipinski definition) is 1. The van der Waals surface area contributed by atoms with Crippen molar-refractivity contribution >= 4 is 0 Å². The lowest BCUT2D eigenvalue weighted by molar-refractivity contribution is 0.0369. The summed E-state index contributed by atoms with van der Waals surface area (Å²) in [4.78, 5) is 6.92. The molecule has 0 aromatic carbocycles.